The van der Waals surface area contributed by atoms with E-state index in [-0.39, 0.29) is 18.4 Å². The lowest BCUT2D eigenvalue weighted by molar-refractivity contribution is -0.0546. The molecule has 0 heterocycles. The molecular formula is C32H30F6O2. The van der Waals surface area contributed by atoms with Crippen LogP contribution in [0.15, 0.2) is 60.7 Å². The van der Waals surface area contributed by atoms with E-state index in [9.17, 15) is 22.0 Å². The van der Waals surface area contributed by atoms with Gasteiger partial charge in [0.05, 0.1) is 6.61 Å². The molecule has 0 aromatic heterocycles. The van der Waals surface area contributed by atoms with Gasteiger partial charge in [-0.15, -0.1) is 0 Å². The number of ether oxygens (including phenoxy) is 2. The molecule has 0 fully saturated rings. The maximum absolute atomic E-state index is 15.3. The Morgan fingerprint density at radius 1 is 0.725 bits per heavy atom. The van der Waals surface area contributed by atoms with Crippen LogP contribution >= 0.6 is 0 Å². The second kappa shape index (κ2) is 13.6. The molecule has 0 aliphatic carbocycles. The minimum Gasteiger partial charge on any atom is -0.493 e. The molecule has 0 amide bonds. The molecule has 40 heavy (non-hydrogen) atoms. The zero-order chi connectivity index (χ0) is 28.6. The minimum absolute atomic E-state index is 0.0711. The molecule has 8 heteroatoms. The third-order valence-corrected chi connectivity index (χ3v) is 6.75. The van der Waals surface area contributed by atoms with Crippen molar-refractivity contribution >= 4 is 10.8 Å². The number of unbranched alkanes of at least 4 members (excludes halogenated alkanes) is 4. The molecule has 0 bridgehead atoms. The quantitative estimate of drug-likeness (QED) is 0.120. The molecule has 4 aromatic carbocycles. The maximum Gasteiger partial charge on any atom is 0.387 e. The predicted octanol–water partition coefficient (Wildman–Crippen LogP) is 9.80. The molecule has 4 rings (SSSR count). The van der Waals surface area contributed by atoms with Crippen LogP contribution in [-0.4, -0.2) is 13.2 Å². The number of rotatable bonds is 13. The Kier molecular flexibility index (Phi) is 9.96. The largest absolute Gasteiger partial charge is 0.493 e. The molecule has 0 radical (unpaired) electrons. The summed E-state index contributed by atoms with van der Waals surface area (Å²) in [4.78, 5) is 0. The molecule has 0 saturated carbocycles. The van der Waals surface area contributed by atoms with Gasteiger partial charge in [-0.25, -0.2) is 17.6 Å². The number of fused-ring (bicyclic) bond motifs is 1. The lowest BCUT2D eigenvalue weighted by Gasteiger charge is -2.12. The fourth-order valence-corrected chi connectivity index (χ4v) is 4.65. The molecule has 212 valence electrons. The molecular weight excluding hydrogens is 530 g/mol. The Hall–Kier alpha value is -3.68. The van der Waals surface area contributed by atoms with Gasteiger partial charge in [-0.05, 0) is 71.7 Å². The summed E-state index contributed by atoms with van der Waals surface area (Å²) in [6, 6.07) is 14.7. The van der Waals surface area contributed by atoms with Gasteiger partial charge in [-0.1, -0.05) is 56.9 Å². The van der Waals surface area contributed by atoms with E-state index in [0.29, 0.717) is 39.8 Å². The van der Waals surface area contributed by atoms with Crippen LogP contribution in [0.4, 0.5) is 26.3 Å². The van der Waals surface area contributed by atoms with Crippen LogP contribution < -0.4 is 9.47 Å². The van der Waals surface area contributed by atoms with E-state index >= 15 is 4.39 Å². The van der Waals surface area contributed by atoms with Crippen molar-refractivity contribution in [3.8, 4) is 22.6 Å². The lowest BCUT2D eigenvalue weighted by Crippen LogP contribution is -2.06. The van der Waals surface area contributed by atoms with E-state index in [0.717, 1.165) is 31.4 Å². The Bertz CT molecular complexity index is 1430. The first-order chi connectivity index (χ1) is 19.3. The number of alkyl halides is 2. The third kappa shape index (κ3) is 7.29. The van der Waals surface area contributed by atoms with Gasteiger partial charge >= 0.3 is 6.61 Å². The normalized spacial score (nSPS) is 11.4. The van der Waals surface area contributed by atoms with Crippen LogP contribution in [0, 0.1) is 23.3 Å². The highest BCUT2D eigenvalue weighted by Gasteiger charge is 2.17. The molecule has 0 aliphatic heterocycles. The number of hydrogen-bond donors (Lipinski definition) is 0. The van der Waals surface area contributed by atoms with E-state index in [4.69, 9.17) is 4.74 Å². The lowest BCUT2D eigenvalue weighted by atomic mass is 9.97. The number of aryl methyl sites for hydroxylation is 2. The standard InChI is InChI=1S/C32H30F6O2/c1-2-3-4-5-6-15-39-24-12-14-25(27(33)19-24)22-11-13-26-23(18-22)10-9-21(30(26)36)8-7-20-16-28(34)31(29(35)17-20)40-32(37)38/h9-14,16-19,32H,2-8,15H2,1H3. The van der Waals surface area contributed by atoms with Crippen LogP contribution in [0.25, 0.3) is 21.9 Å². The first kappa shape index (κ1) is 29.3. The van der Waals surface area contributed by atoms with Crippen molar-refractivity contribution < 1.29 is 35.8 Å². The minimum atomic E-state index is -3.36. The summed E-state index contributed by atoms with van der Waals surface area (Å²) < 4.78 is 92.4. The number of halogens is 6. The Morgan fingerprint density at radius 2 is 1.48 bits per heavy atom. The van der Waals surface area contributed by atoms with Gasteiger partial charge in [0.2, 0.25) is 0 Å². The highest BCUT2D eigenvalue weighted by molar-refractivity contribution is 5.88. The first-order valence-electron chi connectivity index (χ1n) is 13.3. The zero-order valence-corrected chi connectivity index (χ0v) is 22.1. The molecule has 0 N–H and O–H groups in total. The van der Waals surface area contributed by atoms with Gasteiger partial charge in [0, 0.05) is 17.0 Å². The molecule has 0 spiro atoms. The molecule has 0 aliphatic rings. The first-order valence-corrected chi connectivity index (χ1v) is 13.3. The van der Waals surface area contributed by atoms with Crippen molar-refractivity contribution in [1.29, 1.82) is 0 Å². The summed E-state index contributed by atoms with van der Waals surface area (Å²) in [6.07, 6.45) is 5.70. The Morgan fingerprint density at radius 3 is 2.17 bits per heavy atom. The van der Waals surface area contributed by atoms with Crippen LogP contribution in [0.3, 0.4) is 0 Å². The topological polar surface area (TPSA) is 18.5 Å². The van der Waals surface area contributed by atoms with E-state index < -0.39 is 35.6 Å². The van der Waals surface area contributed by atoms with Gasteiger partial charge in [0.25, 0.3) is 0 Å². The smallest absolute Gasteiger partial charge is 0.387 e. The van der Waals surface area contributed by atoms with Gasteiger partial charge in [-0.2, -0.15) is 8.78 Å². The van der Waals surface area contributed by atoms with Crippen molar-refractivity contribution in [3.63, 3.8) is 0 Å². The van der Waals surface area contributed by atoms with E-state index in [1.165, 1.54) is 18.9 Å². The van der Waals surface area contributed by atoms with Crippen molar-refractivity contribution in [2.75, 3.05) is 6.61 Å². The molecule has 0 saturated heterocycles. The maximum atomic E-state index is 15.3. The van der Waals surface area contributed by atoms with Crippen LogP contribution in [-0.2, 0) is 12.8 Å². The van der Waals surface area contributed by atoms with Gasteiger partial charge in [0.1, 0.15) is 17.4 Å². The van der Waals surface area contributed by atoms with Crippen LogP contribution in [0.2, 0.25) is 0 Å². The Labute approximate surface area is 229 Å². The summed E-state index contributed by atoms with van der Waals surface area (Å²) in [5.41, 5.74) is 1.44. The summed E-state index contributed by atoms with van der Waals surface area (Å²) in [5.74, 6) is -4.13. The fraction of sp³-hybridized carbons (Fsp3) is 0.312. The van der Waals surface area contributed by atoms with Crippen molar-refractivity contribution in [3.05, 3.63) is 95.1 Å². The highest BCUT2D eigenvalue weighted by atomic mass is 19.3. The average molecular weight is 561 g/mol. The van der Waals surface area contributed by atoms with Gasteiger partial charge in [0.15, 0.2) is 17.4 Å². The molecule has 2 nitrogen and oxygen atoms in total. The summed E-state index contributed by atoms with van der Waals surface area (Å²) in [6.45, 7) is -0.674. The van der Waals surface area contributed by atoms with Crippen LogP contribution in [0.1, 0.15) is 50.2 Å². The van der Waals surface area contributed by atoms with Crippen molar-refractivity contribution in [2.24, 2.45) is 0 Å². The summed E-state index contributed by atoms with van der Waals surface area (Å²) >= 11 is 0. The second-order valence-corrected chi connectivity index (χ2v) is 9.65. The van der Waals surface area contributed by atoms with E-state index in [1.54, 1.807) is 42.5 Å². The van der Waals surface area contributed by atoms with Crippen molar-refractivity contribution in [2.45, 2.75) is 58.5 Å². The SMILES string of the molecule is CCCCCCCOc1ccc(-c2ccc3c(F)c(CCc4cc(F)c(OC(F)F)c(F)c4)ccc3c2)c(F)c1. The predicted molar refractivity (Wildman–Crippen MR) is 144 cm³/mol. The molecule has 0 unspecified atom stereocenters. The molecule has 4 aromatic rings. The van der Waals surface area contributed by atoms with Gasteiger partial charge < -0.3 is 9.47 Å². The number of benzene rings is 4. The van der Waals surface area contributed by atoms with Gasteiger partial charge in [-0.3, -0.25) is 0 Å². The summed E-state index contributed by atoms with van der Waals surface area (Å²) in [5, 5.41) is 0.888. The molecule has 0 atom stereocenters. The van der Waals surface area contributed by atoms with Crippen LogP contribution in [0.5, 0.6) is 11.5 Å². The third-order valence-electron chi connectivity index (χ3n) is 6.75. The number of hydrogen-bond acceptors (Lipinski definition) is 2. The monoisotopic (exact) mass is 560 g/mol. The summed E-state index contributed by atoms with van der Waals surface area (Å²) in [7, 11) is 0. The second-order valence-electron chi connectivity index (χ2n) is 9.65. The zero-order valence-electron chi connectivity index (χ0n) is 22.1. The van der Waals surface area contributed by atoms with E-state index in [1.807, 2.05) is 0 Å². The average Bonchev–Trinajstić information content (AvgIpc) is 2.92. The highest BCUT2D eigenvalue weighted by Crippen LogP contribution is 2.31. The van der Waals surface area contributed by atoms with E-state index in [2.05, 4.69) is 11.7 Å². The Balaban J connectivity index is 1.44. The fourth-order valence-electron chi connectivity index (χ4n) is 4.65. The van der Waals surface area contributed by atoms with Crippen molar-refractivity contribution in [1.82, 2.24) is 0 Å².